The van der Waals surface area contributed by atoms with Gasteiger partial charge in [-0.1, -0.05) is 121 Å². The molecule has 0 spiro atoms. The van der Waals surface area contributed by atoms with Gasteiger partial charge in [-0.2, -0.15) is 0 Å². The molecule has 0 aliphatic heterocycles. The second-order valence-electron chi connectivity index (χ2n) is 14.0. The molecule has 4 aromatic carbocycles. The summed E-state index contributed by atoms with van der Waals surface area (Å²) >= 11 is 0. The van der Waals surface area contributed by atoms with Crippen LogP contribution in [0.3, 0.4) is 0 Å². The number of rotatable bonds is 24. The zero-order chi connectivity index (χ0) is 42.4. The smallest absolute Gasteiger partial charge is 0.242 e. The van der Waals surface area contributed by atoms with Gasteiger partial charge in [-0.05, 0) is 22.3 Å². The third kappa shape index (κ3) is 15.8. The summed E-state index contributed by atoms with van der Waals surface area (Å²) in [4.78, 5) is 88.4. The zero-order valence-corrected chi connectivity index (χ0v) is 33.4. The average Bonchev–Trinajstić information content (AvgIpc) is 3.23. The van der Waals surface area contributed by atoms with Gasteiger partial charge >= 0.3 is 0 Å². The molecule has 4 rings (SSSR count). The number of carbonyl (C=O) groups is 6. The average molecular weight is 806 g/mol. The molecule has 0 aromatic heterocycles. The van der Waals surface area contributed by atoms with E-state index in [1.165, 1.54) is 24.5 Å². The lowest BCUT2D eigenvalue weighted by Crippen LogP contribution is -2.51. The molecule has 0 aliphatic rings. The first kappa shape index (κ1) is 45.3. The van der Waals surface area contributed by atoms with Crippen molar-refractivity contribution in [1.82, 2.24) is 29.8 Å². The Balaban J connectivity index is 1.56. The van der Waals surface area contributed by atoms with Crippen LogP contribution in [0, 0.1) is 0 Å². The fourth-order valence-electron chi connectivity index (χ4n) is 6.24. The Labute approximate surface area is 345 Å². The van der Waals surface area contributed by atoms with Crippen LogP contribution in [-0.2, 0) is 54.9 Å². The molecule has 0 aliphatic carbocycles. The van der Waals surface area contributed by atoms with Gasteiger partial charge in [0.05, 0.1) is 19.6 Å². The van der Waals surface area contributed by atoms with Gasteiger partial charge in [0, 0.05) is 52.4 Å². The van der Waals surface area contributed by atoms with E-state index in [1.54, 1.807) is 0 Å². The topological polar surface area (TPSA) is 209 Å². The summed E-state index contributed by atoms with van der Waals surface area (Å²) in [6, 6.07) is 36.6. The SMILES string of the molecule is NCCNCC(=O)N(CC(=O)N(CC(=O)N(CCN)CC(=O)N(CC(=O)N(CC(N)=O)Cc1ccccc1)Cc1ccccc1)Cc1ccccc1)Cc1ccccc1. The quantitative estimate of drug-likeness (QED) is 0.0742. The van der Waals surface area contributed by atoms with Crippen LogP contribution in [-0.4, -0.2) is 125 Å². The predicted molar refractivity (Wildman–Crippen MR) is 224 cm³/mol. The lowest BCUT2D eigenvalue weighted by atomic mass is 10.2. The van der Waals surface area contributed by atoms with E-state index in [-0.39, 0.29) is 64.8 Å². The normalized spacial score (nSPS) is 10.7. The molecule has 6 amide bonds. The number of nitrogens with one attached hydrogen (secondary N) is 1. The molecule has 0 bridgehead atoms. The molecule has 0 saturated heterocycles. The molecule has 0 fully saturated rings. The molecule has 7 N–H and O–H groups in total. The largest absolute Gasteiger partial charge is 0.368 e. The molecule has 0 radical (unpaired) electrons. The van der Waals surface area contributed by atoms with Gasteiger partial charge in [0.15, 0.2) is 0 Å². The highest BCUT2D eigenvalue weighted by Gasteiger charge is 2.29. The van der Waals surface area contributed by atoms with Crippen LogP contribution in [0.2, 0.25) is 0 Å². The van der Waals surface area contributed by atoms with Gasteiger partial charge in [0.25, 0.3) is 0 Å². The van der Waals surface area contributed by atoms with E-state index in [9.17, 15) is 28.8 Å². The number of primary amides is 1. The van der Waals surface area contributed by atoms with E-state index >= 15 is 0 Å². The van der Waals surface area contributed by atoms with Crippen molar-refractivity contribution in [2.45, 2.75) is 26.2 Å². The number of amides is 6. The minimum Gasteiger partial charge on any atom is -0.368 e. The van der Waals surface area contributed by atoms with Crippen molar-refractivity contribution < 1.29 is 28.8 Å². The Morgan fingerprint density at radius 3 is 1.03 bits per heavy atom. The number of hydrogen-bond acceptors (Lipinski definition) is 9. The number of carbonyl (C=O) groups excluding carboxylic acids is 6. The fraction of sp³-hybridized carbons (Fsp3) is 0.318. The van der Waals surface area contributed by atoms with Gasteiger partial charge in [-0.3, -0.25) is 28.8 Å². The van der Waals surface area contributed by atoms with Crippen molar-refractivity contribution in [3.8, 4) is 0 Å². The van der Waals surface area contributed by atoms with Crippen molar-refractivity contribution in [3.63, 3.8) is 0 Å². The molecule has 15 heteroatoms. The van der Waals surface area contributed by atoms with Gasteiger partial charge < -0.3 is 47.0 Å². The van der Waals surface area contributed by atoms with Gasteiger partial charge in [-0.25, -0.2) is 0 Å². The number of benzene rings is 4. The van der Waals surface area contributed by atoms with Crippen molar-refractivity contribution in [2.24, 2.45) is 17.2 Å². The Hall–Kier alpha value is -6.42. The first-order valence-electron chi connectivity index (χ1n) is 19.5. The highest BCUT2D eigenvalue weighted by atomic mass is 16.2. The molecule has 0 unspecified atom stereocenters. The van der Waals surface area contributed by atoms with Crippen molar-refractivity contribution in [1.29, 1.82) is 0 Å². The number of nitrogens with two attached hydrogens (primary N) is 3. The summed E-state index contributed by atoms with van der Waals surface area (Å²) in [6.07, 6.45) is 0. The maximum Gasteiger partial charge on any atom is 0.242 e. The van der Waals surface area contributed by atoms with Gasteiger partial charge in [0.2, 0.25) is 35.4 Å². The van der Waals surface area contributed by atoms with Crippen LogP contribution in [0.15, 0.2) is 121 Å². The third-order valence-corrected chi connectivity index (χ3v) is 9.28. The third-order valence-electron chi connectivity index (χ3n) is 9.28. The summed E-state index contributed by atoms with van der Waals surface area (Å²) < 4.78 is 0. The fourth-order valence-corrected chi connectivity index (χ4v) is 6.24. The van der Waals surface area contributed by atoms with Crippen LogP contribution in [0.1, 0.15) is 22.3 Å². The van der Waals surface area contributed by atoms with E-state index in [2.05, 4.69) is 5.32 Å². The van der Waals surface area contributed by atoms with Crippen LogP contribution in [0.5, 0.6) is 0 Å². The Kier molecular flexibility index (Phi) is 18.7. The minimum atomic E-state index is -0.708. The summed E-state index contributed by atoms with van der Waals surface area (Å²) in [6.45, 7) is -0.860. The molecule has 0 atom stereocenters. The highest BCUT2D eigenvalue weighted by Crippen LogP contribution is 2.13. The highest BCUT2D eigenvalue weighted by molar-refractivity contribution is 5.92. The van der Waals surface area contributed by atoms with Crippen molar-refractivity contribution in [3.05, 3.63) is 144 Å². The van der Waals surface area contributed by atoms with Crippen LogP contribution >= 0.6 is 0 Å². The van der Waals surface area contributed by atoms with E-state index in [0.717, 1.165) is 22.3 Å². The lowest BCUT2D eigenvalue weighted by molar-refractivity contribution is -0.148. The molecule has 15 nitrogen and oxygen atoms in total. The van der Waals surface area contributed by atoms with E-state index in [0.29, 0.717) is 13.1 Å². The molecule has 0 saturated carbocycles. The second-order valence-corrected chi connectivity index (χ2v) is 14.0. The Morgan fingerprint density at radius 1 is 0.407 bits per heavy atom. The van der Waals surface area contributed by atoms with Crippen molar-refractivity contribution in [2.75, 3.05) is 65.4 Å². The van der Waals surface area contributed by atoms with Gasteiger partial charge in [-0.15, -0.1) is 0 Å². The van der Waals surface area contributed by atoms with Crippen molar-refractivity contribution >= 4 is 35.4 Å². The summed E-state index contributed by atoms with van der Waals surface area (Å²) in [5, 5.41) is 2.99. The van der Waals surface area contributed by atoms with Gasteiger partial charge in [0.1, 0.15) is 19.6 Å². The van der Waals surface area contributed by atoms with E-state index < -0.39 is 49.2 Å². The molecular formula is C44H55N9O6. The van der Waals surface area contributed by atoms with E-state index in [4.69, 9.17) is 17.2 Å². The van der Waals surface area contributed by atoms with Crippen LogP contribution in [0.25, 0.3) is 0 Å². The summed E-state index contributed by atoms with van der Waals surface area (Å²) in [5.41, 5.74) is 20.2. The first-order valence-corrected chi connectivity index (χ1v) is 19.5. The standard InChI is InChI=1S/C44H55N9O6/c45-21-23-48-25-40(55)51(27-36-15-7-2-8-16-36)33-44(59)52(28-37-17-9-3-10-18-37)32-41(56)49(24-22-46)31-42(57)53(29-38-19-11-4-12-20-38)34-43(58)50(30-39(47)54)26-35-13-5-1-6-14-35/h1-20,48H,21-34,45-46H2,(H2,47,54). The summed E-state index contributed by atoms with van der Waals surface area (Å²) in [7, 11) is 0. The molecule has 0 heterocycles. The predicted octanol–water partition coefficient (Wildman–Crippen LogP) is 0.922. The van der Waals surface area contributed by atoms with Crippen LogP contribution in [0.4, 0.5) is 0 Å². The zero-order valence-electron chi connectivity index (χ0n) is 33.4. The molecular weight excluding hydrogens is 751 g/mol. The molecule has 4 aromatic rings. The molecule has 312 valence electrons. The number of nitrogens with zero attached hydrogens (tertiary/aromatic N) is 5. The Bertz CT molecular complexity index is 1940. The second kappa shape index (κ2) is 24.4. The van der Waals surface area contributed by atoms with E-state index in [1.807, 2.05) is 121 Å². The maximum atomic E-state index is 14.2. The Morgan fingerprint density at radius 2 is 0.712 bits per heavy atom. The maximum absolute atomic E-state index is 14.2. The van der Waals surface area contributed by atoms with Crippen LogP contribution < -0.4 is 22.5 Å². The molecule has 59 heavy (non-hydrogen) atoms. The number of hydrogen-bond donors (Lipinski definition) is 4. The minimum absolute atomic E-state index is 0.0156. The lowest BCUT2D eigenvalue weighted by Gasteiger charge is -2.32. The summed E-state index contributed by atoms with van der Waals surface area (Å²) in [5.74, 6) is -3.12. The first-order chi connectivity index (χ1) is 28.6. The monoisotopic (exact) mass is 805 g/mol.